The van der Waals surface area contributed by atoms with Crippen LogP contribution in [0.4, 0.5) is 0 Å². The van der Waals surface area contributed by atoms with Gasteiger partial charge in [0.2, 0.25) is 0 Å². The second-order valence-electron chi connectivity index (χ2n) is 6.37. The number of fused-ring (bicyclic) bond motifs is 1. The summed E-state index contributed by atoms with van der Waals surface area (Å²) in [6, 6.07) is 14.2. The largest absolute Gasteiger partial charge is 0.493 e. The van der Waals surface area contributed by atoms with E-state index in [9.17, 15) is 4.79 Å². The average molecular weight is 309 g/mol. The van der Waals surface area contributed by atoms with Crippen LogP contribution in [0, 0.1) is 6.92 Å². The molecule has 3 nitrogen and oxygen atoms in total. The van der Waals surface area contributed by atoms with Crippen molar-refractivity contribution in [2.24, 2.45) is 0 Å². The number of nitrogens with zero attached hydrogens (tertiary/aromatic N) is 1. The molecule has 1 aliphatic rings. The molecule has 2 aromatic carbocycles. The Bertz CT molecular complexity index is 721. The lowest BCUT2D eigenvalue weighted by Gasteiger charge is -2.28. The number of hydrogen-bond acceptors (Lipinski definition) is 2. The first kappa shape index (κ1) is 15.6. The fourth-order valence-electron chi connectivity index (χ4n) is 2.95. The minimum Gasteiger partial charge on any atom is -0.493 e. The molecular formula is C20H23NO2. The van der Waals surface area contributed by atoms with Crippen LogP contribution < -0.4 is 4.74 Å². The van der Waals surface area contributed by atoms with Crippen LogP contribution in [0.1, 0.15) is 40.9 Å². The van der Waals surface area contributed by atoms with Gasteiger partial charge in [-0.15, -0.1) is 0 Å². The van der Waals surface area contributed by atoms with Gasteiger partial charge >= 0.3 is 0 Å². The van der Waals surface area contributed by atoms with Gasteiger partial charge in [-0.3, -0.25) is 4.79 Å². The van der Waals surface area contributed by atoms with Gasteiger partial charge in [0.25, 0.3) is 5.91 Å². The smallest absolute Gasteiger partial charge is 0.254 e. The number of amides is 1. The zero-order valence-electron chi connectivity index (χ0n) is 14.0. The minimum absolute atomic E-state index is 0.0814. The fourth-order valence-corrected chi connectivity index (χ4v) is 2.95. The van der Waals surface area contributed by atoms with Gasteiger partial charge in [-0.25, -0.2) is 0 Å². The van der Waals surface area contributed by atoms with Gasteiger partial charge in [0.15, 0.2) is 0 Å². The molecule has 0 fully saturated rings. The zero-order chi connectivity index (χ0) is 16.4. The molecule has 0 saturated carbocycles. The molecule has 0 saturated heterocycles. The predicted molar refractivity (Wildman–Crippen MR) is 91.8 cm³/mol. The quantitative estimate of drug-likeness (QED) is 0.855. The highest BCUT2D eigenvalue weighted by Gasteiger charge is 2.22. The third kappa shape index (κ3) is 3.24. The minimum atomic E-state index is 0.0814. The Morgan fingerprint density at radius 2 is 2.00 bits per heavy atom. The van der Waals surface area contributed by atoms with Crippen molar-refractivity contribution < 1.29 is 9.53 Å². The molecule has 1 heterocycles. The van der Waals surface area contributed by atoms with Crippen LogP contribution in [0.2, 0.25) is 0 Å². The SMILES string of the molecule is Cc1ccccc1CN(C(=O)c1ccc2c(c1)CCO2)C(C)C. The highest BCUT2D eigenvalue weighted by molar-refractivity contribution is 5.94. The van der Waals surface area contributed by atoms with Gasteiger partial charge in [-0.1, -0.05) is 24.3 Å². The van der Waals surface area contributed by atoms with E-state index in [1.807, 2.05) is 35.2 Å². The molecule has 0 spiro atoms. The van der Waals surface area contributed by atoms with E-state index in [2.05, 4.69) is 32.9 Å². The number of ether oxygens (including phenoxy) is 1. The number of hydrogen-bond donors (Lipinski definition) is 0. The van der Waals surface area contributed by atoms with E-state index in [4.69, 9.17) is 4.74 Å². The fraction of sp³-hybridized carbons (Fsp3) is 0.350. The molecule has 120 valence electrons. The summed E-state index contributed by atoms with van der Waals surface area (Å²) in [5, 5.41) is 0. The van der Waals surface area contributed by atoms with Crippen LogP contribution in [0.25, 0.3) is 0 Å². The van der Waals surface area contributed by atoms with E-state index in [-0.39, 0.29) is 11.9 Å². The molecule has 0 unspecified atom stereocenters. The van der Waals surface area contributed by atoms with Crippen LogP contribution in [-0.2, 0) is 13.0 Å². The lowest BCUT2D eigenvalue weighted by molar-refractivity contribution is 0.0690. The highest BCUT2D eigenvalue weighted by Crippen LogP contribution is 2.27. The summed E-state index contributed by atoms with van der Waals surface area (Å²) >= 11 is 0. The van der Waals surface area contributed by atoms with E-state index in [0.29, 0.717) is 13.2 Å². The molecule has 0 N–H and O–H groups in total. The molecule has 0 radical (unpaired) electrons. The number of carbonyl (C=O) groups is 1. The zero-order valence-corrected chi connectivity index (χ0v) is 14.0. The third-order valence-corrected chi connectivity index (χ3v) is 4.42. The molecule has 0 atom stereocenters. The Hall–Kier alpha value is -2.29. The Labute approximate surface area is 137 Å². The summed E-state index contributed by atoms with van der Waals surface area (Å²) in [6.07, 6.45) is 0.885. The Morgan fingerprint density at radius 1 is 1.22 bits per heavy atom. The maximum absolute atomic E-state index is 13.0. The normalized spacial score (nSPS) is 12.9. The van der Waals surface area contributed by atoms with Crippen molar-refractivity contribution in [1.29, 1.82) is 0 Å². The van der Waals surface area contributed by atoms with Gasteiger partial charge in [0.05, 0.1) is 6.61 Å². The molecule has 0 aliphatic carbocycles. The maximum Gasteiger partial charge on any atom is 0.254 e. The number of rotatable bonds is 4. The van der Waals surface area contributed by atoms with Crippen LogP contribution >= 0.6 is 0 Å². The van der Waals surface area contributed by atoms with E-state index in [0.717, 1.165) is 23.3 Å². The number of aryl methyl sites for hydroxylation is 1. The molecule has 1 aliphatic heterocycles. The summed E-state index contributed by atoms with van der Waals surface area (Å²) in [6.45, 7) is 7.56. The van der Waals surface area contributed by atoms with E-state index < -0.39 is 0 Å². The summed E-state index contributed by atoms with van der Waals surface area (Å²) in [7, 11) is 0. The molecule has 3 rings (SSSR count). The molecule has 1 amide bonds. The van der Waals surface area contributed by atoms with Crippen LogP contribution in [0.5, 0.6) is 5.75 Å². The Kier molecular flexibility index (Phi) is 4.37. The van der Waals surface area contributed by atoms with Crippen molar-refractivity contribution in [2.75, 3.05) is 6.61 Å². The van der Waals surface area contributed by atoms with Crippen molar-refractivity contribution in [3.8, 4) is 5.75 Å². The highest BCUT2D eigenvalue weighted by atomic mass is 16.5. The summed E-state index contributed by atoms with van der Waals surface area (Å²) in [5.41, 5.74) is 4.29. The first-order valence-electron chi connectivity index (χ1n) is 8.17. The van der Waals surface area contributed by atoms with Crippen molar-refractivity contribution in [1.82, 2.24) is 4.90 Å². The average Bonchev–Trinajstić information content (AvgIpc) is 3.00. The summed E-state index contributed by atoms with van der Waals surface area (Å²) in [4.78, 5) is 14.9. The van der Waals surface area contributed by atoms with Gasteiger partial charge in [0, 0.05) is 24.6 Å². The van der Waals surface area contributed by atoms with E-state index in [1.165, 1.54) is 11.1 Å². The first-order chi connectivity index (χ1) is 11.1. The van der Waals surface area contributed by atoms with Gasteiger partial charge < -0.3 is 9.64 Å². The Balaban J connectivity index is 1.86. The van der Waals surface area contributed by atoms with Crippen molar-refractivity contribution in [3.05, 3.63) is 64.7 Å². The number of carbonyl (C=O) groups excluding carboxylic acids is 1. The Morgan fingerprint density at radius 3 is 2.74 bits per heavy atom. The molecule has 3 heteroatoms. The van der Waals surface area contributed by atoms with Gasteiger partial charge in [-0.2, -0.15) is 0 Å². The lowest BCUT2D eigenvalue weighted by atomic mass is 10.0. The predicted octanol–water partition coefficient (Wildman–Crippen LogP) is 3.98. The number of benzene rings is 2. The van der Waals surface area contributed by atoms with Crippen molar-refractivity contribution in [3.63, 3.8) is 0 Å². The second kappa shape index (κ2) is 6.45. The monoisotopic (exact) mass is 309 g/mol. The summed E-state index contributed by atoms with van der Waals surface area (Å²) in [5.74, 6) is 0.995. The van der Waals surface area contributed by atoms with Crippen molar-refractivity contribution in [2.45, 2.75) is 39.8 Å². The molecule has 2 aromatic rings. The standard InChI is InChI=1S/C20H23NO2/c1-14(2)21(13-18-7-5-4-6-15(18)3)20(22)17-8-9-19-16(12-17)10-11-23-19/h4-9,12,14H,10-11,13H2,1-3H3. The maximum atomic E-state index is 13.0. The first-order valence-corrected chi connectivity index (χ1v) is 8.17. The molecule has 0 bridgehead atoms. The van der Waals surface area contributed by atoms with Crippen LogP contribution in [0.15, 0.2) is 42.5 Å². The summed E-state index contributed by atoms with van der Waals surface area (Å²) < 4.78 is 5.53. The van der Waals surface area contributed by atoms with E-state index >= 15 is 0 Å². The lowest BCUT2D eigenvalue weighted by Crippen LogP contribution is -2.36. The van der Waals surface area contributed by atoms with Gasteiger partial charge in [-0.05, 0) is 55.7 Å². The van der Waals surface area contributed by atoms with Crippen LogP contribution in [-0.4, -0.2) is 23.5 Å². The van der Waals surface area contributed by atoms with Crippen LogP contribution in [0.3, 0.4) is 0 Å². The van der Waals surface area contributed by atoms with Gasteiger partial charge in [0.1, 0.15) is 5.75 Å². The molecule has 0 aromatic heterocycles. The molecular weight excluding hydrogens is 286 g/mol. The topological polar surface area (TPSA) is 29.5 Å². The third-order valence-electron chi connectivity index (χ3n) is 4.42. The molecule has 23 heavy (non-hydrogen) atoms. The van der Waals surface area contributed by atoms with E-state index in [1.54, 1.807) is 0 Å². The van der Waals surface area contributed by atoms with Crippen molar-refractivity contribution >= 4 is 5.91 Å². The second-order valence-corrected chi connectivity index (χ2v) is 6.37.